The molecule has 20 heavy (non-hydrogen) atoms. The molecule has 0 bridgehead atoms. The van der Waals surface area contributed by atoms with E-state index in [9.17, 15) is 4.79 Å². The van der Waals surface area contributed by atoms with Crippen molar-refractivity contribution >= 4 is 23.0 Å². The van der Waals surface area contributed by atoms with Crippen molar-refractivity contribution in [3.63, 3.8) is 0 Å². The molecule has 1 aliphatic rings. The lowest BCUT2D eigenvalue weighted by molar-refractivity contribution is 0.0958. The van der Waals surface area contributed by atoms with Crippen LogP contribution in [0.2, 0.25) is 0 Å². The molecule has 0 radical (unpaired) electrons. The zero-order chi connectivity index (χ0) is 13.9. The van der Waals surface area contributed by atoms with Crippen LogP contribution in [0.4, 0.5) is 17.1 Å². The largest absolute Gasteiger partial charge is 0.384 e. The molecule has 0 fully saturated rings. The van der Waals surface area contributed by atoms with Crippen LogP contribution in [0.1, 0.15) is 16.1 Å². The molecule has 0 aliphatic carbocycles. The fraction of sp³-hybridized carbons (Fsp3) is 0.200. The van der Waals surface area contributed by atoms with E-state index in [-0.39, 0.29) is 5.91 Å². The maximum Gasteiger partial charge on any atom is 0.269 e. The minimum atomic E-state index is -0.188. The van der Waals surface area contributed by atoms with Gasteiger partial charge in [0.2, 0.25) is 0 Å². The van der Waals surface area contributed by atoms with Gasteiger partial charge in [-0.1, -0.05) is 0 Å². The maximum atomic E-state index is 11.6. The lowest BCUT2D eigenvalue weighted by Gasteiger charge is -2.09. The lowest BCUT2D eigenvalue weighted by atomic mass is 10.1. The van der Waals surface area contributed by atoms with Crippen LogP contribution in [0, 0.1) is 0 Å². The number of aromatic nitrogens is 1. The van der Waals surface area contributed by atoms with Crippen molar-refractivity contribution < 1.29 is 4.79 Å². The first-order valence-electron chi connectivity index (χ1n) is 6.58. The Morgan fingerprint density at radius 2 is 2.10 bits per heavy atom. The highest BCUT2D eigenvalue weighted by Crippen LogP contribution is 2.27. The average molecular weight is 268 g/mol. The second-order valence-electron chi connectivity index (χ2n) is 4.68. The van der Waals surface area contributed by atoms with Gasteiger partial charge in [0.15, 0.2) is 0 Å². The fourth-order valence-electron chi connectivity index (χ4n) is 2.31. The van der Waals surface area contributed by atoms with Crippen LogP contribution in [-0.2, 0) is 6.42 Å². The summed E-state index contributed by atoms with van der Waals surface area (Å²) < 4.78 is 0. The molecular formula is C15H16N4O. The predicted molar refractivity (Wildman–Crippen MR) is 79.5 cm³/mol. The molecule has 2 heterocycles. The molecule has 0 spiro atoms. The van der Waals surface area contributed by atoms with E-state index in [0.717, 1.165) is 24.3 Å². The van der Waals surface area contributed by atoms with Crippen molar-refractivity contribution in [1.82, 2.24) is 10.3 Å². The third kappa shape index (κ3) is 2.42. The van der Waals surface area contributed by atoms with E-state index in [2.05, 4.69) is 33.1 Å². The monoisotopic (exact) mass is 268 g/mol. The number of carbonyl (C=O) groups is 1. The van der Waals surface area contributed by atoms with Crippen LogP contribution < -0.4 is 16.0 Å². The number of fused-ring (bicyclic) bond motifs is 1. The molecule has 0 atom stereocenters. The molecule has 3 N–H and O–H groups in total. The number of hydrogen-bond acceptors (Lipinski definition) is 4. The van der Waals surface area contributed by atoms with Gasteiger partial charge < -0.3 is 16.0 Å². The summed E-state index contributed by atoms with van der Waals surface area (Å²) in [6, 6.07) is 9.82. The van der Waals surface area contributed by atoms with Crippen molar-refractivity contribution in [1.29, 1.82) is 0 Å². The van der Waals surface area contributed by atoms with E-state index in [1.807, 2.05) is 12.1 Å². The van der Waals surface area contributed by atoms with E-state index < -0.39 is 0 Å². The highest BCUT2D eigenvalue weighted by atomic mass is 16.1. The molecule has 1 aliphatic heterocycles. The minimum absolute atomic E-state index is 0.188. The molecule has 102 valence electrons. The molecular weight excluding hydrogens is 252 g/mol. The Bertz CT molecular complexity index is 654. The highest BCUT2D eigenvalue weighted by Gasteiger charge is 2.10. The Hall–Kier alpha value is -2.56. The Kier molecular flexibility index (Phi) is 3.25. The first-order valence-corrected chi connectivity index (χ1v) is 6.58. The second kappa shape index (κ2) is 5.21. The number of carbonyl (C=O) groups excluding carboxylic acids is 1. The molecule has 5 nitrogen and oxygen atoms in total. The number of hydrogen-bond donors (Lipinski definition) is 3. The van der Waals surface area contributed by atoms with Crippen molar-refractivity contribution in [2.24, 2.45) is 0 Å². The molecule has 0 saturated heterocycles. The van der Waals surface area contributed by atoms with Crippen LogP contribution in [0.3, 0.4) is 0 Å². The molecule has 2 aromatic rings. The van der Waals surface area contributed by atoms with Crippen LogP contribution in [0.15, 0.2) is 36.5 Å². The summed E-state index contributed by atoms with van der Waals surface area (Å²) in [7, 11) is 1.59. The van der Waals surface area contributed by atoms with Crippen LogP contribution in [0.5, 0.6) is 0 Å². The van der Waals surface area contributed by atoms with Gasteiger partial charge in [0.1, 0.15) is 5.69 Å². The summed E-state index contributed by atoms with van der Waals surface area (Å²) in [6.45, 7) is 0.995. The summed E-state index contributed by atoms with van der Waals surface area (Å²) in [5.41, 5.74) is 4.79. The van der Waals surface area contributed by atoms with Crippen molar-refractivity contribution in [3.8, 4) is 0 Å². The van der Waals surface area contributed by atoms with E-state index in [0.29, 0.717) is 5.69 Å². The Morgan fingerprint density at radius 1 is 1.25 bits per heavy atom. The highest BCUT2D eigenvalue weighted by molar-refractivity contribution is 5.93. The first-order chi connectivity index (χ1) is 9.76. The number of pyridine rings is 1. The summed E-state index contributed by atoms with van der Waals surface area (Å²) in [6.07, 6.45) is 2.67. The number of benzene rings is 1. The third-order valence-electron chi connectivity index (χ3n) is 3.32. The summed E-state index contributed by atoms with van der Waals surface area (Å²) in [5, 5.41) is 9.21. The predicted octanol–water partition coefficient (Wildman–Crippen LogP) is 2.15. The van der Waals surface area contributed by atoms with Crippen molar-refractivity contribution in [3.05, 3.63) is 47.8 Å². The zero-order valence-electron chi connectivity index (χ0n) is 11.2. The molecule has 3 rings (SSSR count). The van der Waals surface area contributed by atoms with Gasteiger partial charge in [-0.25, -0.2) is 0 Å². The Morgan fingerprint density at radius 3 is 2.95 bits per heavy atom. The molecule has 0 unspecified atom stereocenters. The lowest BCUT2D eigenvalue weighted by Crippen LogP contribution is -2.19. The number of anilines is 3. The fourth-order valence-corrected chi connectivity index (χ4v) is 2.31. The van der Waals surface area contributed by atoms with Gasteiger partial charge in [0, 0.05) is 36.9 Å². The molecule has 5 heteroatoms. The van der Waals surface area contributed by atoms with Gasteiger partial charge in [-0.15, -0.1) is 0 Å². The normalized spacial score (nSPS) is 12.4. The van der Waals surface area contributed by atoms with Gasteiger partial charge in [-0.05, 0) is 42.3 Å². The van der Waals surface area contributed by atoms with E-state index >= 15 is 0 Å². The number of nitrogens with zero attached hydrogens (tertiary/aromatic N) is 1. The molecule has 1 aromatic heterocycles. The first kappa shape index (κ1) is 12.5. The number of amides is 1. The second-order valence-corrected chi connectivity index (χ2v) is 4.68. The third-order valence-corrected chi connectivity index (χ3v) is 3.32. The summed E-state index contributed by atoms with van der Waals surface area (Å²) in [4.78, 5) is 15.6. The molecule has 1 amide bonds. The average Bonchev–Trinajstić information content (AvgIpc) is 2.94. The topological polar surface area (TPSA) is 66.1 Å². The van der Waals surface area contributed by atoms with E-state index in [4.69, 9.17) is 0 Å². The van der Waals surface area contributed by atoms with Crippen LogP contribution >= 0.6 is 0 Å². The quantitative estimate of drug-likeness (QED) is 0.798. The zero-order valence-corrected chi connectivity index (χ0v) is 11.2. The Balaban J connectivity index is 1.82. The van der Waals surface area contributed by atoms with Crippen molar-refractivity contribution in [2.75, 3.05) is 24.2 Å². The minimum Gasteiger partial charge on any atom is -0.384 e. The molecule has 0 saturated carbocycles. The smallest absolute Gasteiger partial charge is 0.269 e. The standard InChI is InChI=1S/C15H16N4O/c1-16-15(20)14-9-12(5-7-18-14)19-11-2-3-13-10(8-11)4-6-17-13/h2-3,5,7-9,17H,4,6H2,1H3,(H,16,20)(H,18,19). The summed E-state index contributed by atoms with van der Waals surface area (Å²) >= 11 is 0. The van der Waals surface area contributed by atoms with Gasteiger partial charge in [-0.3, -0.25) is 9.78 Å². The van der Waals surface area contributed by atoms with Gasteiger partial charge in [-0.2, -0.15) is 0 Å². The summed E-state index contributed by atoms with van der Waals surface area (Å²) in [5.74, 6) is -0.188. The SMILES string of the molecule is CNC(=O)c1cc(Nc2ccc3c(c2)CCN3)ccn1. The van der Waals surface area contributed by atoms with Crippen LogP contribution in [0.25, 0.3) is 0 Å². The number of nitrogens with one attached hydrogen (secondary N) is 3. The molecule has 1 aromatic carbocycles. The van der Waals surface area contributed by atoms with Crippen molar-refractivity contribution in [2.45, 2.75) is 6.42 Å². The van der Waals surface area contributed by atoms with E-state index in [1.54, 1.807) is 19.3 Å². The van der Waals surface area contributed by atoms with Gasteiger partial charge >= 0.3 is 0 Å². The van der Waals surface area contributed by atoms with Gasteiger partial charge in [0.25, 0.3) is 5.91 Å². The van der Waals surface area contributed by atoms with Gasteiger partial charge in [0.05, 0.1) is 0 Å². The van der Waals surface area contributed by atoms with E-state index in [1.165, 1.54) is 11.3 Å². The van der Waals surface area contributed by atoms with Crippen LogP contribution in [-0.4, -0.2) is 24.5 Å². The maximum absolute atomic E-state index is 11.6. The number of rotatable bonds is 3. The Labute approximate surface area is 117 Å².